The van der Waals surface area contributed by atoms with Crippen molar-refractivity contribution in [2.45, 2.75) is 34.1 Å². The lowest BCUT2D eigenvalue weighted by Gasteiger charge is -2.12. The fourth-order valence-electron chi connectivity index (χ4n) is 0.865. The van der Waals surface area contributed by atoms with Crippen LogP contribution < -0.4 is 0 Å². The van der Waals surface area contributed by atoms with Gasteiger partial charge in [0.2, 0.25) is 0 Å². The van der Waals surface area contributed by atoms with E-state index in [9.17, 15) is 0 Å². The lowest BCUT2D eigenvalue weighted by atomic mass is 9.93. The third kappa shape index (κ3) is 3.34. The van der Waals surface area contributed by atoms with E-state index in [0.717, 1.165) is 11.8 Å². The lowest BCUT2D eigenvalue weighted by Crippen LogP contribution is -2.02. The Balaban J connectivity index is 3.58. The lowest BCUT2D eigenvalue weighted by molar-refractivity contribution is 0.446. The molecule has 0 rings (SSSR count). The average Bonchev–Trinajstić information content (AvgIpc) is 1.87. The zero-order valence-electron chi connectivity index (χ0n) is 7.02. The molecule has 9 heavy (non-hydrogen) atoms. The van der Waals surface area contributed by atoms with Gasteiger partial charge >= 0.3 is 0 Å². The van der Waals surface area contributed by atoms with Crippen LogP contribution in [0.3, 0.4) is 0 Å². The maximum atomic E-state index is 2.30. The maximum absolute atomic E-state index is 2.30. The predicted octanol–water partition coefficient (Wildman–Crippen LogP) is 3.24. The summed E-state index contributed by atoms with van der Waals surface area (Å²) in [5, 5.41) is 0. The summed E-state index contributed by atoms with van der Waals surface area (Å²) < 4.78 is 0. The van der Waals surface area contributed by atoms with Crippen LogP contribution in [0.15, 0.2) is 12.2 Å². The number of allylic oxidation sites excluding steroid dienone is 2. The van der Waals surface area contributed by atoms with Gasteiger partial charge in [-0.2, -0.15) is 0 Å². The van der Waals surface area contributed by atoms with Crippen molar-refractivity contribution >= 4 is 0 Å². The molecule has 2 unspecified atom stereocenters. The number of hydrogen-bond acceptors (Lipinski definition) is 0. The number of rotatable bonds is 3. The van der Waals surface area contributed by atoms with Gasteiger partial charge in [-0.15, -0.1) is 0 Å². The SMILES string of the molecule is CC=CC(C)C(C)CC. The van der Waals surface area contributed by atoms with Gasteiger partial charge in [0, 0.05) is 0 Å². The van der Waals surface area contributed by atoms with E-state index >= 15 is 0 Å². The molecule has 0 aliphatic rings. The quantitative estimate of drug-likeness (QED) is 0.509. The molecular weight excluding hydrogens is 108 g/mol. The summed E-state index contributed by atoms with van der Waals surface area (Å²) in [6.45, 7) is 8.89. The monoisotopic (exact) mass is 126 g/mol. The molecule has 2 atom stereocenters. The molecule has 0 heterocycles. The molecule has 0 aliphatic carbocycles. The average molecular weight is 126 g/mol. The Kier molecular flexibility index (Phi) is 4.47. The highest BCUT2D eigenvalue weighted by Crippen LogP contribution is 2.14. The Labute approximate surface area is 59.0 Å². The van der Waals surface area contributed by atoms with Gasteiger partial charge in [-0.25, -0.2) is 0 Å². The molecule has 0 amide bonds. The van der Waals surface area contributed by atoms with Crippen LogP contribution in [-0.4, -0.2) is 0 Å². The van der Waals surface area contributed by atoms with Crippen molar-refractivity contribution < 1.29 is 0 Å². The molecule has 54 valence electrons. The summed E-state index contributed by atoms with van der Waals surface area (Å²) >= 11 is 0. The van der Waals surface area contributed by atoms with Crippen LogP contribution in [-0.2, 0) is 0 Å². The molecule has 0 aromatic heterocycles. The maximum Gasteiger partial charge on any atom is -0.0236 e. The molecule has 0 bridgehead atoms. The van der Waals surface area contributed by atoms with E-state index in [1.165, 1.54) is 6.42 Å². The molecule has 0 saturated carbocycles. The summed E-state index contributed by atoms with van der Waals surface area (Å²) in [5.41, 5.74) is 0. The van der Waals surface area contributed by atoms with Crippen LogP contribution in [0.4, 0.5) is 0 Å². The molecule has 0 spiro atoms. The highest BCUT2D eigenvalue weighted by molar-refractivity contribution is 4.84. The highest BCUT2D eigenvalue weighted by Gasteiger charge is 2.04. The van der Waals surface area contributed by atoms with Crippen molar-refractivity contribution in [2.24, 2.45) is 11.8 Å². The summed E-state index contributed by atoms with van der Waals surface area (Å²) in [7, 11) is 0. The zero-order valence-corrected chi connectivity index (χ0v) is 7.02. The van der Waals surface area contributed by atoms with Gasteiger partial charge in [0.15, 0.2) is 0 Å². The second-order valence-electron chi connectivity index (χ2n) is 2.77. The van der Waals surface area contributed by atoms with Gasteiger partial charge in [0.05, 0.1) is 0 Å². The van der Waals surface area contributed by atoms with Gasteiger partial charge in [-0.3, -0.25) is 0 Å². The van der Waals surface area contributed by atoms with E-state index in [2.05, 4.69) is 39.8 Å². The molecule has 0 aromatic carbocycles. The first-order chi connectivity index (χ1) is 4.22. The molecular formula is C9H18. The van der Waals surface area contributed by atoms with E-state index < -0.39 is 0 Å². The zero-order chi connectivity index (χ0) is 7.28. The molecule has 0 aromatic rings. The van der Waals surface area contributed by atoms with Crippen LogP contribution in [0.5, 0.6) is 0 Å². The molecule has 0 aliphatic heterocycles. The van der Waals surface area contributed by atoms with Gasteiger partial charge in [-0.1, -0.05) is 39.3 Å². The third-order valence-electron chi connectivity index (χ3n) is 2.04. The standard InChI is InChI=1S/C9H18/c1-5-7-9(4)8(3)6-2/h5,7-9H,6H2,1-4H3. The fourth-order valence-corrected chi connectivity index (χ4v) is 0.865. The Morgan fingerprint density at radius 2 is 1.89 bits per heavy atom. The normalized spacial score (nSPS) is 18.2. The first-order valence-electron chi connectivity index (χ1n) is 3.85. The van der Waals surface area contributed by atoms with Crippen LogP contribution in [0.1, 0.15) is 34.1 Å². The first kappa shape index (κ1) is 8.74. The van der Waals surface area contributed by atoms with E-state index in [0.29, 0.717) is 0 Å². The molecule has 0 fully saturated rings. The van der Waals surface area contributed by atoms with Crippen LogP contribution >= 0.6 is 0 Å². The van der Waals surface area contributed by atoms with Gasteiger partial charge < -0.3 is 0 Å². The van der Waals surface area contributed by atoms with Crippen molar-refractivity contribution in [1.29, 1.82) is 0 Å². The molecule has 0 heteroatoms. The summed E-state index contributed by atoms with van der Waals surface area (Å²) in [4.78, 5) is 0. The minimum absolute atomic E-state index is 0.750. The van der Waals surface area contributed by atoms with Gasteiger partial charge in [-0.05, 0) is 18.8 Å². The van der Waals surface area contributed by atoms with Crippen LogP contribution in [0.2, 0.25) is 0 Å². The number of hydrogen-bond donors (Lipinski definition) is 0. The Bertz CT molecular complexity index is 82.0. The van der Waals surface area contributed by atoms with E-state index in [1.807, 2.05) is 0 Å². The predicted molar refractivity (Wildman–Crippen MR) is 43.4 cm³/mol. The van der Waals surface area contributed by atoms with Crippen molar-refractivity contribution in [3.05, 3.63) is 12.2 Å². The van der Waals surface area contributed by atoms with Crippen molar-refractivity contribution in [2.75, 3.05) is 0 Å². The first-order valence-corrected chi connectivity index (χ1v) is 3.85. The second-order valence-corrected chi connectivity index (χ2v) is 2.77. The van der Waals surface area contributed by atoms with Gasteiger partial charge in [0.1, 0.15) is 0 Å². The molecule has 0 N–H and O–H groups in total. The van der Waals surface area contributed by atoms with E-state index in [-0.39, 0.29) is 0 Å². The molecule has 0 saturated heterocycles. The highest BCUT2D eigenvalue weighted by atomic mass is 14.1. The molecule has 0 nitrogen and oxygen atoms in total. The second kappa shape index (κ2) is 4.60. The summed E-state index contributed by atoms with van der Waals surface area (Å²) in [6, 6.07) is 0. The fraction of sp³-hybridized carbons (Fsp3) is 0.778. The summed E-state index contributed by atoms with van der Waals surface area (Å²) in [5.74, 6) is 1.58. The summed E-state index contributed by atoms with van der Waals surface area (Å²) in [6.07, 6.45) is 5.69. The van der Waals surface area contributed by atoms with Gasteiger partial charge in [0.25, 0.3) is 0 Å². The largest absolute Gasteiger partial charge is 0.0914 e. The van der Waals surface area contributed by atoms with E-state index in [4.69, 9.17) is 0 Å². The van der Waals surface area contributed by atoms with Crippen molar-refractivity contribution in [3.63, 3.8) is 0 Å². The Hall–Kier alpha value is -0.260. The third-order valence-corrected chi connectivity index (χ3v) is 2.04. The Morgan fingerprint density at radius 3 is 2.22 bits per heavy atom. The minimum Gasteiger partial charge on any atom is -0.0914 e. The molecule has 0 radical (unpaired) electrons. The van der Waals surface area contributed by atoms with E-state index in [1.54, 1.807) is 0 Å². The Morgan fingerprint density at radius 1 is 1.33 bits per heavy atom. The van der Waals surface area contributed by atoms with Crippen molar-refractivity contribution in [3.8, 4) is 0 Å². The van der Waals surface area contributed by atoms with Crippen molar-refractivity contribution in [1.82, 2.24) is 0 Å². The topological polar surface area (TPSA) is 0 Å². The van der Waals surface area contributed by atoms with Crippen LogP contribution in [0, 0.1) is 11.8 Å². The minimum atomic E-state index is 0.750. The smallest absolute Gasteiger partial charge is 0.0236 e. The van der Waals surface area contributed by atoms with Crippen LogP contribution in [0.25, 0.3) is 0 Å².